The summed E-state index contributed by atoms with van der Waals surface area (Å²) in [7, 11) is 0. The fraction of sp³-hybridized carbons (Fsp3) is 0.667. The second kappa shape index (κ2) is 15.7. The van der Waals surface area contributed by atoms with Crippen molar-refractivity contribution in [1.82, 2.24) is 0 Å². The Kier molecular flexibility index (Phi) is 31.4. The first-order valence-corrected chi connectivity index (χ1v) is 2.41. The van der Waals surface area contributed by atoms with E-state index >= 15 is 0 Å². The van der Waals surface area contributed by atoms with Crippen LogP contribution < -0.4 is 5.73 Å². The zero-order valence-corrected chi connectivity index (χ0v) is 8.53. The van der Waals surface area contributed by atoms with E-state index in [9.17, 15) is 0 Å². The molecule has 0 amide bonds. The number of rotatable bonds is 3. The third-order valence-corrected chi connectivity index (χ3v) is 0.704. The van der Waals surface area contributed by atoms with E-state index in [0.29, 0.717) is 0 Å². The molecule has 49 valence electrons. The standard InChI is InChI=1S/C5H12N.CH3.Y/c1-2-3-4-5-6;;/h1-6H2;1H3;/q2*-1;. The average molecular weight is 190 g/mol. The summed E-state index contributed by atoms with van der Waals surface area (Å²) in [6.07, 6.45) is 3.33. The molecule has 1 radical (unpaired) electrons. The van der Waals surface area contributed by atoms with Crippen molar-refractivity contribution in [2.75, 3.05) is 6.54 Å². The van der Waals surface area contributed by atoms with Crippen molar-refractivity contribution in [2.24, 2.45) is 5.73 Å². The Morgan fingerprint density at radius 3 is 1.88 bits per heavy atom. The molecule has 0 aliphatic heterocycles. The molecule has 0 heterocycles. The molecular formula is C6H15NY-2. The second-order valence-corrected chi connectivity index (χ2v) is 1.35. The molecule has 0 fully saturated rings. The number of hydrogen-bond donors (Lipinski definition) is 1. The molecule has 0 aromatic rings. The molecule has 8 heavy (non-hydrogen) atoms. The van der Waals surface area contributed by atoms with Crippen LogP contribution in [-0.2, 0) is 32.7 Å². The van der Waals surface area contributed by atoms with E-state index in [4.69, 9.17) is 5.73 Å². The minimum absolute atomic E-state index is 0. The van der Waals surface area contributed by atoms with Gasteiger partial charge in [0, 0.05) is 32.7 Å². The fourth-order valence-electron chi connectivity index (χ4n) is 0.321. The molecule has 1 nitrogen and oxygen atoms in total. The Morgan fingerprint density at radius 1 is 1.25 bits per heavy atom. The van der Waals surface area contributed by atoms with E-state index in [0.717, 1.165) is 19.4 Å². The summed E-state index contributed by atoms with van der Waals surface area (Å²) in [5.41, 5.74) is 5.19. The first-order valence-electron chi connectivity index (χ1n) is 2.41. The van der Waals surface area contributed by atoms with E-state index in [-0.39, 0.29) is 40.1 Å². The minimum atomic E-state index is 0. The maximum atomic E-state index is 5.19. The topological polar surface area (TPSA) is 26.0 Å². The molecule has 2 N–H and O–H groups in total. The monoisotopic (exact) mass is 190 g/mol. The van der Waals surface area contributed by atoms with Crippen LogP contribution in [-0.4, -0.2) is 6.54 Å². The van der Waals surface area contributed by atoms with E-state index in [1.807, 2.05) is 0 Å². The summed E-state index contributed by atoms with van der Waals surface area (Å²) in [5.74, 6) is 0. The van der Waals surface area contributed by atoms with Gasteiger partial charge >= 0.3 is 0 Å². The summed E-state index contributed by atoms with van der Waals surface area (Å²) >= 11 is 0. The summed E-state index contributed by atoms with van der Waals surface area (Å²) < 4.78 is 0. The Balaban J connectivity index is -0.000000125. The van der Waals surface area contributed by atoms with Gasteiger partial charge in [-0.25, -0.2) is 0 Å². The molecule has 0 saturated heterocycles. The van der Waals surface area contributed by atoms with Gasteiger partial charge in [-0.2, -0.15) is 6.42 Å². The van der Waals surface area contributed by atoms with Gasteiger partial charge < -0.3 is 20.1 Å². The summed E-state index contributed by atoms with van der Waals surface area (Å²) in [5, 5.41) is 0. The van der Waals surface area contributed by atoms with E-state index in [2.05, 4.69) is 6.92 Å². The van der Waals surface area contributed by atoms with Gasteiger partial charge in [0.25, 0.3) is 0 Å². The third kappa shape index (κ3) is 15.7. The predicted molar refractivity (Wildman–Crippen MR) is 34.7 cm³/mol. The average Bonchev–Trinajstić information content (AvgIpc) is 1.61. The third-order valence-electron chi connectivity index (χ3n) is 0.704. The van der Waals surface area contributed by atoms with Crippen molar-refractivity contribution in [3.63, 3.8) is 0 Å². The van der Waals surface area contributed by atoms with Crippen LogP contribution in [0, 0.1) is 14.4 Å². The van der Waals surface area contributed by atoms with Crippen molar-refractivity contribution in [2.45, 2.75) is 19.3 Å². The molecule has 0 spiro atoms. The van der Waals surface area contributed by atoms with Crippen molar-refractivity contribution >= 4 is 0 Å². The molecule has 0 atom stereocenters. The smallest absolute Gasteiger partial charge is 0 e. The van der Waals surface area contributed by atoms with Crippen LogP contribution in [0.4, 0.5) is 0 Å². The van der Waals surface area contributed by atoms with Crippen LogP contribution in [0.1, 0.15) is 19.3 Å². The molecule has 0 aliphatic rings. The normalized spacial score (nSPS) is 6.75. The Morgan fingerprint density at radius 2 is 1.75 bits per heavy atom. The molecule has 0 aromatic heterocycles. The number of hydrogen-bond acceptors (Lipinski definition) is 1. The molecule has 0 unspecified atom stereocenters. The number of unbranched alkanes of at least 4 members (excludes halogenated alkanes) is 2. The van der Waals surface area contributed by atoms with Crippen LogP contribution in [0.5, 0.6) is 0 Å². The molecule has 0 bridgehead atoms. The summed E-state index contributed by atoms with van der Waals surface area (Å²) in [4.78, 5) is 0. The van der Waals surface area contributed by atoms with Gasteiger partial charge in [-0.05, 0) is 13.0 Å². The molecule has 0 saturated carbocycles. The van der Waals surface area contributed by atoms with Gasteiger partial charge in [-0.3, -0.25) is 0 Å². The van der Waals surface area contributed by atoms with Crippen molar-refractivity contribution in [3.8, 4) is 0 Å². The maximum Gasteiger partial charge on any atom is 0 e. The van der Waals surface area contributed by atoms with Crippen LogP contribution >= 0.6 is 0 Å². The zero-order valence-electron chi connectivity index (χ0n) is 5.69. The van der Waals surface area contributed by atoms with Crippen LogP contribution in [0.2, 0.25) is 0 Å². The second-order valence-electron chi connectivity index (χ2n) is 1.35. The van der Waals surface area contributed by atoms with Gasteiger partial charge in [-0.15, -0.1) is 0 Å². The molecule has 0 rings (SSSR count). The minimum Gasteiger partial charge on any atom is -0.358 e. The fourth-order valence-corrected chi connectivity index (χ4v) is 0.321. The van der Waals surface area contributed by atoms with Crippen molar-refractivity contribution in [1.29, 1.82) is 0 Å². The maximum absolute atomic E-state index is 5.19. The Hall–Kier alpha value is 1.06. The van der Waals surface area contributed by atoms with Crippen molar-refractivity contribution in [3.05, 3.63) is 14.4 Å². The number of nitrogens with two attached hydrogens (primary N) is 1. The van der Waals surface area contributed by atoms with E-state index in [1.54, 1.807) is 0 Å². The quantitative estimate of drug-likeness (QED) is 0.528. The summed E-state index contributed by atoms with van der Waals surface area (Å²) in [6.45, 7) is 4.48. The molecule has 0 aromatic carbocycles. The molecule has 2 heteroatoms. The van der Waals surface area contributed by atoms with E-state index < -0.39 is 0 Å². The molecular weight excluding hydrogens is 175 g/mol. The van der Waals surface area contributed by atoms with Crippen LogP contribution in [0.3, 0.4) is 0 Å². The van der Waals surface area contributed by atoms with Gasteiger partial charge in [-0.1, -0.05) is 6.42 Å². The van der Waals surface area contributed by atoms with Crippen molar-refractivity contribution < 1.29 is 32.7 Å². The SMILES string of the molecule is [CH2-]CCCCN.[CH3-].[Y]. The van der Waals surface area contributed by atoms with Gasteiger partial charge in [0.15, 0.2) is 0 Å². The van der Waals surface area contributed by atoms with E-state index in [1.165, 1.54) is 6.42 Å². The zero-order chi connectivity index (χ0) is 4.83. The van der Waals surface area contributed by atoms with Crippen LogP contribution in [0.25, 0.3) is 0 Å². The summed E-state index contributed by atoms with van der Waals surface area (Å²) in [6, 6.07) is 0. The van der Waals surface area contributed by atoms with Gasteiger partial charge in [0.2, 0.25) is 0 Å². The van der Waals surface area contributed by atoms with Gasteiger partial charge in [0.1, 0.15) is 0 Å². The largest absolute Gasteiger partial charge is 0.358 e. The Bertz CT molecular complexity index is 20.5. The Labute approximate surface area is 78.3 Å². The molecule has 0 aliphatic carbocycles. The first-order chi connectivity index (χ1) is 2.91. The predicted octanol–water partition coefficient (Wildman–Crippen LogP) is 1.40. The first kappa shape index (κ1) is 16.0. The van der Waals surface area contributed by atoms with Gasteiger partial charge in [0.05, 0.1) is 0 Å². The van der Waals surface area contributed by atoms with Crippen LogP contribution in [0.15, 0.2) is 0 Å².